The van der Waals surface area contributed by atoms with Gasteiger partial charge in [0.05, 0.1) is 0 Å². The average molecular weight is 595 g/mol. The van der Waals surface area contributed by atoms with Crippen LogP contribution in [-0.2, 0) is 71.4 Å². The van der Waals surface area contributed by atoms with Crippen molar-refractivity contribution in [1.29, 1.82) is 0 Å². The highest BCUT2D eigenvalue weighted by Crippen LogP contribution is 2.33. The molecule has 17 heteroatoms. The summed E-state index contributed by atoms with van der Waals surface area (Å²) in [5.74, 6) is -5.00. The lowest BCUT2D eigenvalue weighted by atomic mass is 9.96. The molecule has 2 saturated heterocycles. The molecule has 0 aromatic heterocycles. The smallest absolute Gasteiger partial charge is 0.303 e. The molecule has 0 aliphatic carbocycles. The van der Waals surface area contributed by atoms with E-state index in [9.17, 15) is 39.0 Å². The molecule has 2 aliphatic rings. The normalized spacial score (nSPS) is 33.1. The molecule has 232 valence electrons. The third-order valence-electron chi connectivity index (χ3n) is 5.63. The fourth-order valence-corrected chi connectivity index (χ4v) is 4.19. The first kappa shape index (κ1) is 33.8. The Morgan fingerprint density at radius 2 is 0.951 bits per heavy atom. The van der Waals surface area contributed by atoms with Gasteiger partial charge < -0.3 is 52.8 Å². The minimum absolute atomic E-state index is 0.544. The molecule has 0 amide bonds. The summed E-state index contributed by atoms with van der Waals surface area (Å²) in [7, 11) is 0. The third-order valence-corrected chi connectivity index (χ3v) is 5.63. The van der Waals surface area contributed by atoms with Gasteiger partial charge in [0.2, 0.25) is 0 Å². The average Bonchev–Trinajstić information content (AvgIpc) is 2.83. The van der Waals surface area contributed by atoms with Crippen molar-refractivity contribution < 1.29 is 81.6 Å². The molecule has 0 aromatic carbocycles. The first-order valence-electron chi connectivity index (χ1n) is 12.4. The monoisotopic (exact) mass is 594 g/mol. The van der Waals surface area contributed by atoms with Crippen LogP contribution in [0.2, 0.25) is 0 Å². The van der Waals surface area contributed by atoms with Crippen molar-refractivity contribution in [2.45, 2.75) is 103 Å². The number of esters is 6. The lowest BCUT2D eigenvalue weighted by molar-refractivity contribution is -0.356. The maximum atomic E-state index is 12.0. The van der Waals surface area contributed by atoms with E-state index >= 15 is 0 Å². The van der Waals surface area contributed by atoms with Crippen molar-refractivity contribution in [1.82, 2.24) is 0 Å². The van der Waals surface area contributed by atoms with E-state index in [1.165, 1.54) is 0 Å². The van der Waals surface area contributed by atoms with Crippen LogP contribution in [0.4, 0.5) is 0 Å². The van der Waals surface area contributed by atoms with Crippen LogP contribution in [0.25, 0.3) is 0 Å². The lowest BCUT2D eigenvalue weighted by Crippen LogP contribution is -2.66. The van der Waals surface area contributed by atoms with Gasteiger partial charge >= 0.3 is 35.8 Å². The SMILES string of the molecule is CC(=O)OCC1O[C@@H](O[C@@H]2C(COC(C)=O)O[C@@H](O)C(OC(C)=O)C2OC(C)=O)C(O)C(OC(C)=O)[C@@H]1OC(C)=O. The van der Waals surface area contributed by atoms with Crippen molar-refractivity contribution >= 4 is 35.8 Å². The highest BCUT2D eigenvalue weighted by molar-refractivity contribution is 5.68. The zero-order valence-electron chi connectivity index (χ0n) is 23.2. The van der Waals surface area contributed by atoms with Crippen LogP contribution in [-0.4, -0.2) is 121 Å². The van der Waals surface area contributed by atoms with Crippen molar-refractivity contribution in [3.05, 3.63) is 0 Å². The van der Waals surface area contributed by atoms with Crippen molar-refractivity contribution in [3.8, 4) is 0 Å². The standard InChI is InChI=1S/C24H34O17/c1-9(25)33-7-15-19(21(37-13(5)29)22(23(32)39-15)38-14(6)30)41-24-17(31)20(36-12(4)28)18(35-11(3)27)16(40-24)8-34-10(2)26/h15-24,31-32H,7-8H2,1-6H3/t15?,16?,17?,18-,19-,20?,21?,22?,23-,24+/m1/s1. The predicted molar refractivity (Wildman–Crippen MR) is 126 cm³/mol. The Hall–Kier alpha value is -3.38. The van der Waals surface area contributed by atoms with Gasteiger partial charge in [-0.1, -0.05) is 0 Å². The Balaban J connectivity index is 2.52. The van der Waals surface area contributed by atoms with E-state index < -0.39 is 110 Å². The second-order valence-corrected chi connectivity index (χ2v) is 9.10. The van der Waals surface area contributed by atoms with E-state index in [1.54, 1.807) is 0 Å². The summed E-state index contributed by atoms with van der Waals surface area (Å²) in [6.07, 6.45) is -16.2. The van der Waals surface area contributed by atoms with E-state index in [4.69, 9.17) is 42.6 Å². The maximum Gasteiger partial charge on any atom is 0.303 e. The minimum atomic E-state index is -1.89. The van der Waals surface area contributed by atoms with Crippen LogP contribution in [0.15, 0.2) is 0 Å². The van der Waals surface area contributed by atoms with Gasteiger partial charge in [-0.3, -0.25) is 28.8 Å². The number of hydrogen-bond acceptors (Lipinski definition) is 17. The molecule has 2 rings (SSSR count). The highest BCUT2D eigenvalue weighted by Gasteiger charge is 2.55. The van der Waals surface area contributed by atoms with Crippen LogP contribution in [0.5, 0.6) is 0 Å². The van der Waals surface area contributed by atoms with Gasteiger partial charge in [-0.25, -0.2) is 0 Å². The molecular weight excluding hydrogens is 560 g/mol. The molecule has 0 saturated carbocycles. The van der Waals surface area contributed by atoms with Crippen LogP contribution >= 0.6 is 0 Å². The van der Waals surface area contributed by atoms with Crippen molar-refractivity contribution in [2.75, 3.05) is 13.2 Å². The fourth-order valence-electron chi connectivity index (χ4n) is 4.19. The second kappa shape index (κ2) is 15.0. The van der Waals surface area contributed by atoms with Crippen molar-refractivity contribution in [2.24, 2.45) is 0 Å². The maximum absolute atomic E-state index is 12.0. The Morgan fingerprint density at radius 3 is 1.41 bits per heavy atom. The largest absolute Gasteiger partial charge is 0.463 e. The zero-order chi connectivity index (χ0) is 31.0. The predicted octanol–water partition coefficient (Wildman–Crippen LogP) is -1.97. The summed E-state index contributed by atoms with van der Waals surface area (Å²) >= 11 is 0. The quantitative estimate of drug-likeness (QED) is 0.206. The molecule has 2 heterocycles. The lowest BCUT2D eigenvalue weighted by Gasteiger charge is -2.47. The van der Waals surface area contributed by atoms with E-state index in [1.807, 2.05) is 0 Å². The van der Waals surface area contributed by atoms with Gasteiger partial charge in [0.15, 0.2) is 37.0 Å². The summed E-state index contributed by atoms with van der Waals surface area (Å²) in [6, 6.07) is 0. The Bertz CT molecular complexity index is 981. The summed E-state index contributed by atoms with van der Waals surface area (Å²) < 4.78 is 47.9. The molecule has 0 bridgehead atoms. The molecule has 17 nitrogen and oxygen atoms in total. The van der Waals surface area contributed by atoms with E-state index in [0.717, 1.165) is 41.5 Å². The van der Waals surface area contributed by atoms with Crippen LogP contribution in [0.3, 0.4) is 0 Å². The van der Waals surface area contributed by atoms with Crippen LogP contribution < -0.4 is 0 Å². The summed E-state index contributed by atoms with van der Waals surface area (Å²) in [4.78, 5) is 70.4. The molecule has 0 spiro atoms. The Kier molecular flexibility index (Phi) is 12.4. The zero-order valence-corrected chi connectivity index (χ0v) is 23.2. The van der Waals surface area contributed by atoms with Crippen molar-refractivity contribution in [3.63, 3.8) is 0 Å². The number of carbonyl (C=O) groups is 6. The van der Waals surface area contributed by atoms with Gasteiger partial charge in [-0.15, -0.1) is 0 Å². The topological polar surface area (TPSA) is 226 Å². The van der Waals surface area contributed by atoms with Gasteiger partial charge in [0.25, 0.3) is 0 Å². The fraction of sp³-hybridized carbons (Fsp3) is 0.750. The summed E-state index contributed by atoms with van der Waals surface area (Å²) in [5.41, 5.74) is 0. The number of rotatable bonds is 10. The first-order valence-corrected chi connectivity index (χ1v) is 12.4. The molecular formula is C24H34O17. The van der Waals surface area contributed by atoms with Gasteiger partial charge in [0, 0.05) is 41.5 Å². The molecule has 0 radical (unpaired) electrons. The van der Waals surface area contributed by atoms with E-state index in [0.29, 0.717) is 0 Å². The molecule has 0 aromatic rings. The molecule has 41 heavy (non-hydrogen) atoms. The van der Waals surface area contributed by atoms with E-state index in [-0.39, 0.29) is 0 Å². The molecule has 2 fully saturated rings. The Morgan fingerprint density at radius 1 is 0.537 bits per heavy atom. The number of ether oxygens (including phenoxy) is 9. The first-order chi connectivity index (χ1) is 19.1. The number of carbonyl (C=O) groups excluding carboxylic acids is 6. The van der Waals surface area contributed by atoms with Crippen LogP contribution in [0, 0.1) is 0 Å². The number of aliphatic hydroxyl groups excluding tert-OH is 2. The second-order valence-electron chi connectivity index (χ2n) is 9.10. The number of aliphatic hydroxyl groups is 2. The van der Waals surface area contributed by atoms with Crippen LogP contribution in [0.1, 0.15) is 41.5 Å². The molecule has 10 atom stereocenters. The van der Waals surface area contributed by atoms with E-state index in [2.05, 4.69) is 0 Å². The van der Waals surface area contributed by atoms with Gasteiger partial charge in [-0.2, -0.15) is 0 Å². The van der Waals surface area contributed by atoms with Gasteiger partial charge in [0.1, 0.15) is 37.6 Å². The van der Waals surface area contributed by atoms with Gasteiger partial charge in [-0.05, 0) is 0 Å². The molecule has 6 unspecified atom stereocenters. The summed E-state index contributed by atoms with van der Waals surface area (Å²) in [5, 5.41) is 21.6. The number of hydrogen-bond donors (Lipinski definition) is 2. The highest BCUT2D eigenvalue weighted by atomic mass is 16.8. The third kappa shape index (κ3) is 9.89. The molecule has 2 N–H and O–H groups in total. The molecule has 2 aliphatic heterocycles. The Labute approximate surface area is 234 Å². The summed E-state index contributed by atoms with van der Waals surface area (Å²) in [6.45, 7) is 5.19. The minimum Gasteiger partial charge on any atom is -0.463 e.